The molecular formula is C17H24ClFN2O. The number of hydrogen-bond donors (Lipinski definition) is 1. The van der Waals surface area contributed by atoms with Crippen molar-refractivity contribution in [3.8, 4) is 0 Å². The predicted octanol–water partition coefficient (Wildman–Crippen LogP) is 3.56. The van der Waals surface area contributed by atoms with Crippen molar-refractivity contribution in [1.82, 2.24) is 10.2 Å². The van der Waals surface area contributed by atoms with Gasteiger partial charge in [0.25, 0.3) is 0 Å². The van der Waals surface area contributed by atoms with E-state index in [1.54, 1.807) is 0 Å². The number of carbonyl (C=O) groups is 1. The van der Waals surface area contributed by atoms with Crippen molar-refractivity contribution in [2.75, 3.05) is 14.1 Å². The predicted molar refractivity (Wildman–Crippen MR) is 87.4 cm³/mol. The van der Waals surface area contributed by atoms with Gasteiger partial charge in [-0.2, -0.15) is 0 Å². The van der Waals surface area contributed by atoms with Gasteiger partial charge in [0.2, 0.25) is 5.91 Å². The summed E-state index contributed by atoms with van der Waals surface area (Å²) in [5, 5.41) is 3.50. The molecular weight excluding hydrogens is 303 g/mol. The summed E-state index contributed by atoms with van der Waals surface area (Å²) in [5.74, 6) is -0.316. The fourth-order valence-corrected chi connectivity index (χ4v) is 3.47. The summed E-state index contributed by atoms with van der Waals surface area (Å²) in [7, 11) is 4.09. The van der Waals surface area contributed by atoms with E-state index in [0.717, 1.165) is 19.3 Å². The zero-order chi connectivity index (χ0) is 16.5. The standard InChI is InChI=1S/C17H24ClFN2O/c1-17(2,14-10-12(19)6-8-15(14)18)20-16(22)11-5-7-13(9-11)21(3)4/h6,8,10-11,13H,5,7,9H2,1-4H3,(H,20,22)/t11-,13-/m0/s1. The lowest BCUT2D eigenvalue weighted by atomic mass is 9.92. The Labute approximate surface area is 136 Å². The summed E-state index contributed by atoms with van der Waals surface area (Å²) in [5.41, 5.74) is -0.100. The van der Waals surface area contributed by atoms with Gasteiger partial charge in [-0.05, 0) is 71.0 Å². The first-order valence-corrected chi connectivity index (χ1v) is 8.02. The lowest BCUT2D eigenvalue weighted by Gasteiger charge is -2.29. The van der Waals surface area contributed by atoms with Crippen molar-refractivity contribution in [2.24, 2.45) is 5.92 Å². The Morgan fingerprint density at radius 2 is 2.05 bits per heavy atom. The summed E-state index contributed by atoms with van der Waals surface area (Å²) < 4.78 is 13.5. The molecule has 2 atom stereocenters. The maximum Gasteiger partial charge on any atom is 0.223 e. The van der Waals surface area contributed by atoms with Crippen LogP contribution in [0.5, 0.6) is 0 Å². The molecule has 1 amide bonds. The highest BCUT2D eigenvalue weighted by Crippen LogP contribution is 2.32. The monoisotopic (exact) mass is 326 g/mol. The lowest BCUT2D eigenvalue weighted by molar-refractivity contribution is -0.126. The maximum absolute atomic E-state index is 13.5. The minimum atomic E-state index is -0.702. The Hall–Kier alpha value is -1.13. The molecule has 22 heavy (non-hydrogen) atoms. The van der Waals surface area contributed by atoms with Crippen molar-refractivity contribution in [3.63, 3.8) is 0 Å². The van der Waals surface area contributed by atoms with Gasteiger partial charge in [0.05, 0.1) is 5.54 Å². The van der Waals surface area contributed by atoms with Gasteiger partial charge in [0, 0.05) is 17.0 Å². The maximum atomic E-state index is 13.5. The summed E-state index contributed by atoms with van der Waals surface area (Å²) in [6.45, 7) is 3.70. The van der Waals surface area contributed by atoms with Crippen LogP contribution in [0.3, 0.4) is 0 Å². The first kappa shape index (κ1) is 17.2. The van der Waals surface area contributed by atoms with Gasteiger partial charge in [-0.1, -0.05) is 11.6 Å². The molecule has 1 aliphatic carbocycles. The zero-order valence-corrected chi connectivity index (χ0v) is 14.4. The molecule has 3 nitrogen and oxygen atoms in total. The van der Waals surface area contributed by atoms with Crippen molar-refractivity contribution >= 4 is 17.5 Å². The average Bonchev–Trinajstić information content (AvgIpc) is 2.91. The van der Waals surface area contributed by atoms with E-state index in [0.29, 0.717) is 16.6 Å². The Morgan fingerprint density at radius 3 is 2.64 bits per heavy atom. The van der Waals surface area contributed by atoms with Gasteiger partial charge in [0.1, 0.15) is 5.82 Å². The summed E-state index contributed by atoms with van der Waals surface area (Å²) in [6.07, 6.45) is 2.79. The second-order valence-electron chi connectivity index (χ2n) is 6.87. The second kappa shape index (κ2) is 6.55. The quantitative estimate of drug-likeness (QED) is 0.917. The van der Waals surface area contributed by atoms with Crippen LogP contribution in [-0.4, -0.2) is 30.9 Å². The molecule has 0 radical (unpaired) electrons. The minimum Gasteiger partial charge on any atom is -0.347 e. The van der Waals surface area contributed by atoms with Crippen LogP contribution in [-0.2, 0) is 10.3 Å². The summed E-state index contributed by atoms with van der Waals surface area (Å²) >= 11 is 6.16. The molecule has 0 aliphatic heterocycles. The SMILES string of the molecule is CN(C)[C@H]1CC[C@H](C(=O)NC(C)(C)c2cc(F)ccc2Cl)C1. The fraction of sp³-hybridized carbons (Fsp3) is 0.588. The largest absolute Gasteiger partial charge is 0.347 e. The van der Waals surface area contributed by atoms with E-state index >= 15 is 0 Å². The van der Waals surface area contributed by atoms with E-state index < -0.39 is 5.54 Å². The number of carbonyl (C=O) groups excluding carboxylic acids is 1. The molecule has 1 saturated carbocycles. The highest BCUT2D eigenvalue weighted by Gasteiger charge is 2.34. The Morgan fingerprint density at radius 1 is 1.36 bits per heavy atom. The van der Waals surface area contributed by atoms with Crippen LogP contribution in [0.15, 0.2) is 18.2 Å². The van der Waals surface area contributed by atoms with Gasteiger partial charge in [-0.3, -0.25) is 4.79 Å². The highest BCUT2D eigenvalue weighted by atomic mass is 35.5. The van der Waals surface area contributed by atoms with E-state index in [1.165, 1.54) is 18.2 Å². The third-order valence-corrected chi connectivity index (χ3v) is 4.87. The normalized spacial score (nSPS) is 22.1. The summed E-state index contributed by atoms with van der Waals surface area (Å²) in [6, 6.07) is 4.69. The second-order valence-corrected chi connectivity index (χ2v) is 7.27. The average molecular weight is 327 g/mol. The van der Waals surface area contributed by atoms with E-state index in [-0.39, 0.29) is 17.6 Å². The molecule has 1 aromatic rings. The van der Waals surface area contributed by atoms with Crippen LogP contribution >= 0.6 is 11.6 Å². The molecule has 0 spiro atoms. The Balaban J connectivity index is 2.08. The molecule has 1 fully saturated rings. The van der Waals surface area contributed by atoms with Gasteiger partial charge >= 0.3 is 0 Å². The van der Waals surface area contributed by atoms with Crippen molar-refractivity contribution in [2.45, 2.75) is 44.7 Å². The Bertz CT molecular complexity index is 560. The molecule has 5 heteroatoms. The van der Waals surface area contributed by atoms with Crippen LogP contribution in [0, 0.1) is 11.7 Å². The minimum absolute atomic E-state index is 0.0130. The van der Waals surface area contributed by atoms with Crippen molar-refractivity contribution < 1.29 is 9.18 Å². The topological polar surface area (TPSA) is 32.3 Å². The van der Waals surface area contributed by atoms with Crippen LogP contribution in [0.2, 0.25) is 5.02 Å². The lowest BCUT2D eigenvalue weighted by Crippen LogP contribution is -2.44. The van der Waals surface area contributed by atoms with Crippen molar-refractivity contribution in [3.05, 3.63) is 34.6 Å². The van der Waals surface area contributed by atoms with Crippen LogP contribution < -0.4 is 5.32 Å². The fourth-order valence-electron chi connectivity index (χ4n) is 3.12. The number of nitrogens with zero attached hydrogens (tertiary/aromatic N) is 1. The van der Waals surface area contributed by atoms with E-state index in [4.69, 9.17) is 11.6 Å². The van der Waals surface area contributed by atoms with Gasteiger partial charge in [-0.25, -0.2) is 4.39 Å². The third kappa shape index (κ3) is 3.79. The number of nitrogens with one attached hydrogen (secondary N) is 1. The molecule has 2 rings (SSSR count). The molecule has 0 bridgehead atoms. The smallest absolute Gasteiger partial charge is 0.223 e. The molecule has 1 N–H and O–H groups in total. The number of hydrogen-bond acceptors (Lipinski definition) is 2. The van der Waals surface area contributed by atoms with Crippen LogP contribution in [0.1, 0.15) is 38.7 Å². The number of amides is 1. The zero-order valence-electron chi connectivity index (χ0n) is 13.6. The van der Waals surface area contributed by atoms with Crippen LogP contribution in [0.25, 0.3) is 0 Å². The first-order valence-electron chi connectivity index (χ1n) is 7.64. The molecule has 0 saturated heterocycles. The van der Waals surface area contributed by atoms with E-state index in [1.807, 2.05) is 27.9 Å². The Kier molecular flexibility index (Phi) is 5.13. The molecule has 122 valence electrons. The number of rotatable bonds is 4. The molecule has 0 heterocycles. The number of halogens is 2. The van der Waals surface area contributed by atoms with Gasteiger partial charge in [-0.15, -0.1) is 0 Å². The first-order chi connectivity index (χ1) is 10.2. The van der Waals surface area contributed by atoms with Crippen molar-refractivity contribution in [1.29, 1.82) is 0 Å². The van der Waals surface area contributed by atoms with Crippen LogP contribution in [0.4, 0.5) is 4.39 Å². The third-order valence-electron chi connectivity index (χ3n) is 4.54. The summed E-state index contributed by atoms with van der Waals surface area (Å²) in [4.78, 5) is 14.7. The van der Waals surface area contributed by atoms with Gasteiger partial charge in [0.15, 0.2) is 0 Å². The number of benzene rings is 1. The molecule has 1 aromatic carbocycles. The van der Waals surface area contributed by atoms with E-state index in [2.05, 4.69) is 10.2 Å². The highest BCUT2D eigenvalue weighted by molar-refractivity contribution is 6.31. The molecule has 0 aromatic heterocycles. The van der Waals surface area contributed by atoms with E-state index in [9.17, 15) is 9.18 Å². The van der Waals surface area contributed by atoms with Gasteiger partial charge < -0.3 is 10.2 Å². The molecule has 1 aliphatic rings. The molecule has 0 unspecified atom stereocenters.